The van der Waals surface area contributed by atoms with Gasteiger partial charge in [0.15, 0.2) is 0 Å². The van der Waals surface area contributed by atoms with Crippen LogP contribution in [-0.4, -0.2) is 5.97 Å². The van der Waals surface area contributed by atoms with E-state index in [0.717, 1.165) is 12.8 Å². The predicted molar refractivity (Wildman–Crippen MR) is 65.7 cm³/mol. The maximum Gasteiger partial charge on any atom is 0.311 e. The first-order valence-corrected chi connectivity index (χ1v) is 5.94. The maximum absolute atomic E-state index is 11.4. The molecule has 0 aliphatic rings. The fourth-order valence-corrected chi connectivity index (χ4v) is 1.44. The summed E-state index contributed by atoms with van der Waals surface area (Å²) in [4.78, 5) is 11.4. The van der Waals surface area contributed by atoms with Crippen molar-refractivity contribution in [3.8, 4) is 5.75 Å². The first-order chi connectivity index (χ1) is 7.63. The molecule has 0 amide bonds. The van der Waals surface area contributed by atoms with Crippen LogP contribution in [0.5, 0.6) is 5.75 Å². The van der Waals surface area contributed by atoms with Crippen LogP contribution in [0.25, 0.3) is 0 Å². The average molecular weight is 220 g/mol. The van der Waals surface area contributed by atoms with Crippen LogP contribution in [0.1, 0.15) is 51.5 Å². The van der Waals surface area contributed by atoms with E-state index in [1.807, 2.05) is 24.3 Å². The number of benzene rings is 1. The highest BCUT2D eigenvalue weighted by atomic mass is 16.5. The summed E-state index contributed by atoms with van der Waals surface area (Å²) in [6.07, 6.45) is 2.41. The summed E-state index contributed by atoms with van der Waals surface area (Å²) < 4.78 is 5.27. The summed E-state index contributed by atoms with van der Waals surface area (Å²) in [7, 11) is 0. The third-order valence-electron chi connectivity index (χ3n) is 2.49. The molecule has 0 heterocycles. The molecule has 0 bridgehead atoms. The molecule has 0 fully saturated rings. The first-order valence-electron chi connectivity index (χ1n) is 5.94. The predicted octanol–water partition coefficient (Wildman–Crippen LogP) is 3.91. The van der Waals surface area contributed by atoms with Crippen molar-refractivity contribution in [2.24, 2.45) is 0 Å². The van der Waals surface area contributed by atoms with Gasteiger partial charge in [0.1, 0.15) is 5.75 Å². The van der Waals surface area contributed by atoms with E-state index in [-0.39, 0.29) is 5.97 Å². The van der Waals surface area contributed by atoms with Gasteiger partial charge in [-0.2, -0.15) is 0 Å². The van der Waals surface area contributed by atoms with Gasteiger partial charge in [-0.3, -0.25) is 4.79 Å². The van der Waals surface area contributed by atoms with Gasteiger partial charge in [-0.1, -0.05) is 39.3 Å². The van der Waals surface area contributed by atoms with Crippen LogP contribution in [0, 0.1) is 0 Å². The molecule has 1 aromatic carbocycles. The van der Waals surface area contributed by atoms with Crippen LogP contribution in [0.3, 0.4) is 0 Å². The smallest absolute Gasteiger partial charge is 0.311 e. The van der Waals surface area contributed by atoms with Crippen LogP contribution in [0.15, 0.2) is 24.3 Å². The molecule has 1 rings (SSSR count). The molecular weight excluding hydrogens is 200 g/mol. The molecule has 2 nitrogen and oxygen atoms in total. The lowest BCUT2D eigenvalue weighted by atomic mass is 10.0. The second kappa shape index (κ2) is 6.31. The standard InChI is InChI=1S/C14H20O2/c1-4-5-9-14(15)16-13-8-6-7-12(10-13)11(2)3/h6-8,10-11H,4-5,9H2,1-3H3. The number of hydrogen-bond donors (Lipinski definition) is 0. The van der Waals surface area contributed by atoms with Gasteiger partial charge in [0.2, 0.25) is 0 Å². The minimum Gasteiger partial charge on any atom is -0.427 e. The SMILES string of the molecule is CCCCC(=O)Oc1cccc(C(C)C)c1. The molecule has 88 valence electrons. The lowest BCUT2D eigenvalue weighted by Gasteiger charge is -2.08. The maximum atomic E-state index is 11.4. The van der Waals surface area contributed by atoms with E-state index in [1.54, 1.807) is 0 Å². The quantitative estimate of drug-likeness (QED) is 0.555. The number of hydrogen-bond acceptors (Lipinski definition) is 2. The molecule has 0 atom stereocenters. The molecule has 0 aromatic heterocycles. The Bertz CT molecular complexity index is 342. The lowest BCUT2D eigenvalue weighted by Crippen LogP contribution is -2.07. The van der Waals surface area contributed by atoms with Gasteiger partial charge in [-0.15, -0.1) is 0 Å². The molecule has 0 saturated carbocycles. The van der Waals surface area contributed by atoms with E-state index in [2.05, 4.69) is 20.8 Å². The monoisotopic (exact) mass is 220 g/mol. The Labute approximate surface area is 97.6 Å². The largest absolute Gasteiger partial charge is 0.427 e. The van der Waals surface area contributed by atoms with Gasteiger partial charge in [0.05, 0.1) is 0 Å². The second-order valence-corrected chi connectivity index (χ2v) is 4.30. The number of carbonyl (C=O) groups is 1. The van der Waals surface area contributed by atoms with Gasteiger partial charge in [0, 0.05) is 6.42 Å². The fraction of sp³-hybridized carbons (Fsp3) is 0.500. The van der Waals surface area contributed by atoms with Crippen LogP contribution in [0.4, 0.5) is 0 Å². The van der Waals surface area contributed by atoms with E-state index in [4.69, 9.17) is 4.74 Å². The Balaban J connectivity index is 2.59. The van der Waals surface area contributed by atoms with Crippen LogP contribution in [-0.2, 0) is 4.79 Å². The third kappa shape index (κ3) is 4.05. The highest BCUT2D eigenvalue weighted by molar-refractivity contribution is 5.72. The molecular formula is C14H20O2. The van der Waals surface area contributed by atoms with Crippen LogP contribution in [0.2, 0.25) is 0 Å². The Morgan fingerprint density at radius 3 is 2.75 bits per heavy atom. The highest BCUT2D eigenvalue weighted by Crippen LogP contribution is 2.20. The minimum absolute atomic E-state index is 0.136. The first kappa shape index (κ1) is 12.8. The molecule has 0 aliphatic carbocycles. The number of esters is 1. The number of carbonyl (C=O) groups excluding carboxylic acids is 1. The summed E-state index contributed by atoms with van der Waals surface area (Å²) >= 11 is 0. The van der Waals surface area contributed by atoms with Gasteiger partial charge >= 0.3 is 5.97 Å². The van der Waals surface area contributed by atoms with Crippen molar-refractivity contribution in [2.45, 2.75) is 46.0 Å². The molecule has 0 spiro atoms. The summed E-state index contributed by atoms with van der Waals surface area (Å²) in [6.45, 7) is 6.31. The van der Waals surface area contributed by atoms with Crippen molar-refractivity contribution in [1.29, 1.82) is 0 Å². The molecule has 0 aliphatic heterocycles. The van der Waals surface area contributed by atoms with Crippen LogP contribution >= 0.6 is 0 Å². The highest BCUT2D eigenvalue weighted by Gasteiger charge is 2.05. The fourth-order valence-electron chi connectivity index (χ4n) is 1.44. The number of ether oxygens (including phenoxy) is 1. The van der Waals surface area contributed by atoms with Crippen molar-refractivity contribution >= 4 is 5.97 Å². The number of rotatable bonds is 5. The molecule has 1 aromatic rings. The van der Waals surface area contributed by atoms with E-state index in [1.165, 1.54) is 5.56 Å². The van der Waals surface area contributed by atoms with Gasteiger partial charge in [0.25, 0.3) is 0 Å². The third-order valence-corrected chi connectivity index (χ3v) is 2.49. The molecule has 0 radical (unpaired) electrons. The summed E-state index contributed by atoms with van der Waals surface area (Å²) in [5, 5.41) is 0. The van der Waals surface area contributed by atoms with Crippen molar-refractivity contribution < 1.29 is 9.53 Å². The Morgan fingerprint density at radius 1 is 1.38 bits per heavy atom. The van der Waals surface area contributed by atoms with Gasteiger partial charge < -0.3 is 4.74 Å². The van der Waals surface area contributed by atoms with Crippen molar-refractivity contribution in [3.05, 3.63) is 29.8 Å². The van der Waals surface area contributed by atoms with Crippen molar-refractivity contribution in [3.63, 3.8) is 0 Å². The second-order valence-electron chi connectivity index (χ2n) is 4.30. The molecule has 16 heavy (non-hydrogen) atoms. The van der Waals surface area contributed by atoms with E-state index in [0.29, 0.717) is 18.1 Å². The van der Waals surface area contributed by atoms with E-state index >= 15 is 0 Å². The Morgan fingerprint density at radius 2 is 2.12 bits per heavy atom. The zero-order chi connectivity index (χ0) is 12.0. The minimum atomic E-state index is -0.136. The van der Waals surface area contributed by atoms with Gasteiger partial charge in [-0.25, -0.2) is 0 Å². The molecule has 0 saturated heterocycles. The average Bonchev–Trinajstić information content (AvgIpc) is 2.26. The van der Waals surface area contributed by atoms with E-state index in [9.17, 15) is 4.79 Å². The number of unbranched alkanes of at least 4 members (excludes halogenated alkanes) is 1. The molecule has 2 heteroatoms. The van der Waals surface area contributed by atoms with E-state index < -0.39 is 0 Å². The summed E-state index contributed by atoms with van der Waals surface area (Å²) in [5.41, 5.74) is 1.20. The summed E-state index contributed by atoms with van der Waals surface area (Å²) in [6, 6.07) is 7.75. The zero-order valence-electron chi connectivity index (χ0n) is 10.3. The molecule has 0 N–H and O–H groups in total. The Kier molecular flexibility index (Phi) is 5.03. The zero-order valence-corrected chi connectivity index (χ0v) is 10.3. The lowest BCUT2D eigenvalue weighted by molar-refractivity contribution is -0.134. The molecule has 0 unspecified atom stereocenters. The topological polar surface area (TPSA) is 26.3 Å². The summed E-state index contributed by atoms with van der Waals surface area (Å²) in [5.74, 6) is 0.976. The Hall–Kier alpha value is -1.31. The van der Waals surface area contributed by atoms with Crippen molar-refractivity contribution in [1.82, 2.24) is 0 Å². The normalized spacial score (nSPS) is 10.5. The van der Waals surface area contributed by atoms with Crippen molar-refractivity contribution in [2.75, 3.05) is 0 Å². The van der Waals surface area contributed by atoms with Crippen LogP contribution < -0.4 is 4.74 Å². The van der Waals surface area contributed by atoms with Gasteiger partial charge in [-0.05, 0) is 30.0 Å².